The van der Waals surface area contributed by atoms with Gasteiger partial charge in [0.2, 0.25) is 0 Å². The molecular weight excluding hydrogens is 474 g/mol. The molecule has 1 aliphatic rings. The number of hydrogen-bond acceptors (Lipinski definition) is 3. The van der Waals surface area contributed by atoms with Gasteiger partial charge in [-0.15, -0.1) is 0 Å². The van der Waals surface area contributed by atoms with Crippen LogP contribution >= 0.6 is 11.6 Å². The topological polar surface area (TPSA) is 58.2 Å². The van der Waals surface area contributed by atoms with E-state index < -0.39 is 11.8 Å². The predicted molar refractivity (Wildman–Crippen MR) is 143 cm³/mol. The first-order chi connectivity index (χ1) is 17.3. The molecule has 0 saturated heterocycles. The van der Waals surface area contributed by atoms with Gasteiger partial charge < -0.3 is 9.30 Å². The first-order valence-electron chi connectivity index (χ1n) is 11.7. The Morgan fingerprint density at radius 1 is 0.861 bits per heavy atom. The number of hydrogen-bond donors (Lipinski definition) is 0. The molecule has 6 nitrogen and oxygen atoms in total. The molecule has 0 spiro atoms. The molecule has 180 valence electrons. The quantitative estimate of drug-likeness (QED) is 0.326. The summed E-state index contributed by atoms with van der Waals surface area (Å²) in [6.45, 7) is 4.05. The minimum Gasteiger partial charge on any atom is -0.477 e. The van der Waals surface area contributed by atoms with Crippen LogP contribution in [-0.2, 0) is 14.1 Å². The third-order valence-corrected chi connectivity index (χ3v) is 7.37. The van der Waals surface area contributed by atoms with Gasteiger partial charge in [0, 0.05) is 30.2 Å². The molecule has 0 bridgehead atoms. The molecule has 1 atom stereocenters. The van der Waals surface area contributed by atoms with E-state index in [2.05, 4.69) is 4.57 Å². The molecule has 0 aliphatic carbocycles. The van der Waals surface area contributed by atoms with Crippen molar-refractivity contribution in [3.8, 4) is 22.7 Å². The van der Waals surface area contributed by atoms with E-state index in [1.807, 2.05) is 74.5 Å². The van der Waals surface area contributed by atoms with Gasteiger partial charge in [-0.1, -0.05) is 60.1 Å². The zero-order valence-corrected chi connectivity index (χ0v) is 21.1. The molecule has 2 aromatic heterocycles. The lowest BCUT2D eigenvalue weighted by molar-refractivity contribution is 0.228. The second-order valence-corrected chi connectivity index (χ2v) is 9.72. The van der Waals surface area contributed by atoms with Crippen molar-refractivity contribution in [1.82, 2.24) is 13.7 Å². The van der Waals surface area contributed by atoms with Gasteiger partial charge in [0.1, 0.15) is 5.75 Å². The highest BCUT2D eigenvalue weighted by atomic mass is 35.5. The summed E-state index contributed by atoms with van der Waals surface area (Å²) in [7, 11) is 3.22. The van der Waals surface area contributed by atoms with E-state index in [1.165, 1.54) is 11.6 Å². The lowest BCUT2D eigenvalue weighted by Crippen LogP contribution is -2.37. The SMILES string of the molecule is Cc1ccccc1-c1c2c(=O)n(C)c(=O)n(C)c2c2n1-c1cc(Cl)ccc1OC2c1ccccc1C. The summed E-state index contributed by atoms with van der Waals surface area (Å²) < 4.78 is 11.4. The minimum absolute atomic E-state index is 0.347. The van der Waals surface area contributed by atoms with E-state index in [0.717, 1.165) is 39.3 Å². The molecular formula is C29H24ClN3O3. The Hall–Kier alpha value is -4.03. The Balaban J connectivity index is 1.91. The molecule has 0 radical (unpaired) electrons. The monoisotopic (exact) mass is 497 g/mol. The third-order valence-electron chi connectivity index (χ3n) is 7.13. The molecule has 6 rings (SSSR count). The molecule has 0 saturated carbocycles. The molecule has 0 N–H and O–H groups in total. The van der Waals surface area contributed by atoms with Gasteiger partial charge in [-0.05, 0) is 43.2 Å². The molecule has 0 amide bonds. The first kappa shape index (κ1) is 22.4. The van der Waals surface area contributed by atoms with E-state index in [1.54, 1.807) is 17.7 Å². The van der Waals surface area contributed by atoms with Crippen molar-refractivity contribution in [2.24, 2.45) is 14.1 Å². The predicted octanol–water partition coefficient (Wildman–Crippen LogP) is 5.45. The average molecular weight is 498 g/mol. The Morgan fingerprint density at radius 2 is 1.56 bits per heavy atom. The minimum atomic E-state index is -0.544. The molecule has 5 aromatic rings. The van der Waals surface area contributed by atoms with E-state index >= 15 is 0 Å². The largest absolute Gasteiger partial charge is 0.477 e. The molecule has 1 unspecified atom stereocenters. The second kappa shape index (κ2) is 8.00. The van der Waals surface area contributed by atoms with Crippen LogP contribution in [0.15, 0.2) is 76.3 Å². The van der Waals surface area contributed by atoms with Crippen molar-refractivity contribution < 1.29 is 4.74 Å². The van der Waals surface area contributed by atoms with Gasteiger partial charge >= 0.3 is 5.69 Å². The van der Waals surface area contributed by atoms with E-state index in [4.69, 9.17) is 16.3 Å². The number of benzene rings is 3. The summed E-state index contributed by atoms with van der Waals surface area (Å²) in [5, 5.41) is 1.02. The summed E-state index contributed by atoms with van der Waals surface area (Å²) >= 11 is 6.47. The zero-order valence-electron chi connectivity index (χ0n) is 20.4. The Morgan fingerprint density at radius 3 is 2.28 bits per heavy atom. The smallest absolute Gasteiger partial charge is 0.331 e. The van der Waals surface area contributed by atoms with Crippen LogP contribution in [0.3, 0.4) is 0 Å². The van der Waals surface area contributed by atoms with Crippen molar-refractivity contribution in [3.63, 3.8) is 0 Å². The van der Waals surface area contributed by atoms with Crippen LogP contribution in [0.5, 0.6) is 5.75 Å². The summed E-state index contributed by atoms with van der Waals surface area (Å²) in [5.74, 6) is 0.650. The van der Waals surface area contributed by atoms with Crippen molar-refractivity contribution in [2.75, 3.05) is 0 Å². The van der Waals surface area contributed by atoms with Crippen molar-refractivity contribution >= 4 is 22.5 Å². The number of fused-ring (bicyclic) bond motifs is 5. The average Bonchev–Trinajstić information content (AvgIpc) is 3.23. The summed E-state index contributed by atoms with van der Waals surface area (Å²) in [4.78, 5) is 26.9. The normalized spacial score (nSPS) is 14.4. The van der Waals surface area contributed by atoms with Crippen LogP contribution in [-0.4, -0.2) is 13.7 Å². The molecule has 3 aromatic carbocycles. The van der Waals surface area contributed by atoms with Crippen LogP contribution < -0.4 is 16.0 Å². The van der Waals surface area contributed by atoms with Crippen LogP contribution in [0.2, 0.25) is 5.02 Å². The van der Waals surface area contributed by atoms with Gasteiger partial charge in [0.05, 0.1) is 28.0 Å². The second-order valence-electron chi connectivity index (χ2n) is 9.28. The maximum Gasteiger partial charge on any atom is 0.331 e. The number of halogens is 1. The molecule has 36 heavy (non-hydrogen) atoms. The lowest BCUT2D eigenvalue weighted by Gasteiger charge is -2.31. The number of aromatic nitrogens is 3. The summed E-state index contributed by atoms with van der Waals surface area (Å²) in [5.41, 5.74) is 5.92. The fourth-order valence-electron chi connectivity index (χ4n) is 5.32. The Labute approximate surface area is 212 Å². The fraction of sp³-hybridized carbons (Fsp3) is 0.172. The standard InChI is InChI=1S/C29H24ClN3O3/c1-16-9-5-7-11-19(16)24-23-25(31(3)29(35)32(4)28(23)34)26-27(20-12-8-6-10-17(20)2)36-22-14-13-18(30)15-21(22)33(24)26/h5-15,27H,1-4H3. The number of aryl methyl sites for hydroxylation is 3. The van der Waals surface area contributed by atoms with Crippen molar-refractivity contribution in [1.29, 1.82) is 0 Å². The zero-order chi connectivity index (χ0) is 25.3. The van der Waals surface area contributed by atoms with E-state index in [0.29, 0.717) is 21.7 Å². The molecule has 7 heteroatoms. The fourth-order valence-corrected chi connectivity index (χ4v) is 5.49. The molecule has 0 fully saturated rings. The molecule has 1 aliphatic heterocycles. The highest BCUT2D eigenvalue weighted by Gasteiger charge is 2.37. The van der Waals surface area contributed by atoms with Gasteiger partial charge in [0.15, 0.2) is 6.10 Å². The van der Waals surface area contributed by atoms with Gasteiger partial charge in [-0.2, -0.15) is 0 Å². The van der Waals surface area contributed by atoms with Gasteiger partial charge in [-0.3, -0.25) is 13.9 Å². The van der Waals surface area contributed by atoms with Crippen LogP contribution in [0.25, 0.3) is 27.8 Å². The van der Waals surface area contributed by atoms with Crippen LogP contribution in [0.4, 0.5) is 0 Å². The number of nitrogens with zero attached hydrogens (tertiary/aromatic N) is 3. The molecule has 3 heterocycles. The highest BCUT2D eigenvalue weighted by Crippen LogP contribution is 2.48. The van der Waals surface area contributed by atoms with E-state index in [-0.39, 0.29) is 5.56 Å². The van der Waals surface area contributed by atoms with E-state index in [9.17, 15) is 9.59 Å². The Kier molecular flexibility index (Phi) is 4.99. The van der Waals surface area contributed by atoms with Crippen LogP contribution in [0.1, 0.15) is 28.5 Å². The van der Waals surface area contributed by atoms with Crippen molar-refractivity contribution in [3.05, 3.63) is 115 Å². The van der Waals surface area contributed by atoms with Gasteiger partial charge in [0.25, 0.3) is 5.56 Å². The Bertz CT molecular complexity index is 1830. The van der Waals surface area contributed by atoms with Crippen molar-refractivity contribution in [2.45, 2.75) is 20.0 Å². The van der Waals surface area contributed by atoms with Crippen LogP contribution in [0, 0.1) is 13.8 Å². The summed E-state index contributed by atoms with van der Waals surface area (Å²) in [6.07, 6.45) is -0.544. The number of ether oxygens (including phenoxy) is 1. The first-order valence-corrected chi connectivity index (χ1v) is 12.1. The highest BCUT2D eigenvalue weighted by molar-refractivity contribution is 6.30. The third kappa shape index (κ3) is 3.04. The maximum absolute atomic E-state index is 13.8. The lowest BCUT2D eigenvalue weighted by atomic mass is 9.99. The summed E-state index contributed by atoms with van der Waals surface area (Å²) in [6, 6.07) is 21.5. The maximum atomic E-state index is 13.8. The van der Waals surface area contributed by atoms with Gasteiger partial charge in [-0.25, -0.2) is 4.79 Å². The number of rotatable bonds is 2.